The van der Waals surface area contributed by atoms with Gasteiger partial charge in [0.2, 0.25) is 10.0 Å². The second-order valence-corrected chi connectivity index (χ2v) is 9.91. The van der Waals surface area contributed by atoms with Gasteiger partial charge in [-0.25, -0.2) is 13.8 Å². The van der Waals surface area contributed by atoms with Gasteiger partial charge in [0.25, 0.3) is 5.91 Å². The van der Waals surface area contributed by atoms with Crippen molar-refractivity contribution >= 4 is 22.1 Å². The van der Waals surface area contributed by atoms with E-state index in [0.29, 0.717) is 17.1 Å². The molecule has 9 heteroatoms. The largest absolute Gasteiger partial charge is 0.497 e. The third kappa shape index (κ3) is 6.91. The van der Waals surface area contributed by atoms with Crippen LogP contribution in [0.3, 0.4) is 0 Å². The lowest BCUT2D eigenvalue weighted by atomic mass is 10.1. The van der Waals surface area contributed by atoms with Crippen molar-refractivity contribution in [2.75, 3.05) is 20.8 Å². The topological polar surface area (TPSA) is 97.3 Å². The molecule has 0 aliphatic heterocycles. The number of methoxy groups -OCH3 is 2. The maximum absolute atomic E-state index is 13.4. The van der Waals surface area contributed by atoms with Gasteiger partial charge in [-0.1, -0.05) is 47.5 Å². The quantitative estimate of drug-likeness (QED) is 0.342. The van der Waals surface area contributed by atoms with E-state index >= 15 is 0 Å². The fourth-order valence-corrected chi connectivity index (χ4v) is 4.78. The zero-order valence-electron chi connectivity index (χ0n) is 20.2. The molecule has 0 radical (unpaired) electrons. The van der Waals surface area contributed by atoms with E-state index in [-0.39, 0.29) is 11.4 Å². The Balaban J connectivity index is 1.79. The first-order valence-corrected chi connectivity index (χ1v) is 12.3. The lowest BCUT2D eigenvalue weighted by molar-refractivity contribution is -0.121. The van der Waals surface area contributed by atoms with Gasteiger partial charge in [-0.3, -0.25) is 4.79 Å². The van der Waals surface area contributed by atoms with Crippen molar-refractivity contribution in [1.82, 2.24) is 9.73 Å². The van der Waals surface area contributed by atoms with Crippen molar-refractivity contribution in [1.29, 1.82) is 0 Å². The first-order valence-electron chi connectivity index (χ1n) is 10.9. The Morgan fingerprint density at radius 3 is 2.37 bits per heavy atom. The summed E-state index contributed by atoms with van der Waals surface area (Å²) in [5.74, 6) is 0.568. The summed E-state index contributed by atoms with van der Waals surface area (Å²) in [7, 11) is -0.864. The van der Waals surface area contributed by atoms with Gasteiger partial charge in [0.1, 0.15) is 11.5 Å². The Hall–Kier alpha value is -3.69. The molecule has 8 nitrogen and oxygen atoms in total. The number of sulfonamides is 1. The minimum atomic E-state index is -3.93. The Bertz CT molecular complexity index is 1300. The minimum Gasteiger partial charge on any atom is -0.497 e. The predicted molar refractivity (Wildman–Crippen MR) is 135 cm³/mol. The van der Waals surface area contributed by atoms with E-state index in [1.165, 1.54) is 13.3 Å². The standard InChI is InChI=1S/C26H29N3O5S/c1-19-8-12-24(13-9-19)35(31,32)29(17-21-7-5-6-20(2)14-21)18-26(30)28-27-16-22-10-11-23(33-3)15-25(22)34-4/h5-16H,17-18H2,1-4H3,(H,28,30)/b27-16-. The molecule has 0 aliphatic rings. The highest BCUT2D eigenvalue weighted by atomic mass is 32.2. The number of hydrogen-bond acceptors (Lipinski definition) is 6. The molecular formula is C26H29N3O5S. The fraction of sp³-hybridized carbons (Fsp3) is 0.231. The highest BCUT2D eigenvalue weighted by Crippen LogP contribution is 2.23. The number of carbonyl (C=O) groups is 1. The molecule has 1 N–H and O–H groups in total. The van der Waals surface area contributed by atoms with Gasteiger partial charge >= 0.3 is 0 Å². The summed E-state index contributed by atoms with van der Waals surface area (Å²) in [6, 6.07) is 19.2. The molecule has 1 amide bonds. The summed E-state index contributed by atoms with van der Waals surface area (Å²) in [5, 5.41) is 3.98. The van der Waals surface area contributed by atoms with Crippen LogP contribution >= 0.6 is 0 Å². The van der Waals surface area contributed by atoms with Crippen LogP contribution in [0.1, 0.15) is 22.3 Å². The second kappa shape index (κ2) is 11.6. The Kier molecular flexibility index (Phi) is 8.62. The van der Waals surface area contributed by atoms with Crippen LogP contribution in [-0.4, -0.2) is 45.6 Å². The van der Waals surface area contributed by atoms with Crippen molar-refractivity contribution in [2.45, 2.75) is 25.3 Å². The maximum Gasteiger partial charge on any atom is 0.255 e. The van der Waals surface area contributed by atoms with E-state index < -0.39 is 22.5 Å². The van der Waals surface area contributed by atoms with Crippen LogP contribution in [0.5, 0.6) is 11.5 Å². The molecule has 0 saturated carbocycles. The monoisotopic (exact) mass is 495 g/mol. The smallest absolute Gasteiger partial charge is 0.255 e. The molecule has 0 aromatic heterocycles. The van der Waals surface area contributed by atoms with E-state index in [9.17, 15) is 13.2 Å². The number of rotatable bonds is 10. The van der Waals surface area contributed by atoms with E-state index in [1.54, 1.807) is 49.6 Å². The summed E-state index contributed by atoms with van der Waals surface area (Å²) < 4.78 is 38.4. The van der Waals surface area contributed by atoms with Gasteiger partial charge < -0.3 is 9.47 Å². The number of amides is 1. The van der Waals surface area contributed by atoms with E-state index in [2.05, 4.69) is 10.5 Å². The number of ether oxygens (including phenoxy) is 2. The van der Waals surface area contributed by atoms with Gasteiger partial charge in [-0.05, 0) is 43.7 Å². The first kappa shape index (κ1) is 25.9. The third-order valence-electron chi connectivity index (χ3n) is 5.25. The lowest BCUT2D eigenvalue weighted by Gasteiger charge is -2.22. The van der Waals surface area contributed by atoms with Crippen molar-refractivity contribution in [3.05, 3.63) is 89.0 Å². The second-order valence-electron chi connectivity index (χ2n) is 7.98. The molecule has 0 atom stereocenters. The van der Waals surface area contributed by atoms with Gasteiger partial charge in [-0.2, -0.15) is 9.41 Å². The van der Waals surface area contributed by atoms with Crippen molar-refractivity contribution < 1.29 is 22.7 Å². The van der Waals surface area contributed by atoms with E-state index in [1.807, 2.05) is 38.1 Å². The summed E-state index contributed by atoms with van der Waals surface area (Å²) in [5.41, 5.74) is 5.75. The van der Waals surface area contributed by atoms with Crippen LogP contribution in [0.25, 0.3) is 0 Å². The maximum atomic E-state index is 13.4. The number of benzene rings is 3. The normalized spacial score (nSPS) is 11.6. The first-order chi connectivity index (χ1) is 16.7. The number of hydrazone groups is 1. The molecule has 0 bridgehead atoms. The number of hydrogen-bond donors (Lipinski definition) is 1. The van der Waals surface area contributed by atoms with Crippen LogP contribution in [0.15, 0.2) is 76.7 Å². The summed E-state index contributed by atoms with van der Waals surface area (Å²) >= 11 is 0. The average molecular weight is 496 g/mol. The highest BCUT2D eigenvalue weighted by Gasteiger charge is 2.27. The molecule has 3 aromatic carbocycles. The van der Waals surface area contributed by atoms with Gasteiger partial charge in [0, 0.05) is 18.2 Å². The molecule has 0 unspecified atom stereocenters. The van der Waals surface area contributed by atoms with Crippen molar-refractivity contribution in [2.24, 2.45) is 5.10 Å². The molecule has 35 heavy (non-hydrogen) atoms. The van der Waals surface area contributed by atoms with Gasteiger partial charge in [0.15, 0.2) is 0 Å². The van der Waals surface area contributed by atoms with Gasteiger partial charge in [-0.15, -0.1) is 0 Å². The number of nitrogens with one attached hydrogen (secondary N) is 1. The summed E-state index contributed by atoms with van der Waals surface area (Å²) in [4.78, 5) is 12.8. The third-order valence-corrected chi connectivity index (χ3v) is 7.06. The van der Waals surface area contributed by atoms with Crippen LogP contribution in [-0.2, 0) is 21.4 Å². The number of aryl methyl sites for hydroxylation is 2. The number of nitrogens with zero attached hydrogens (tertiary/aromatic N) is 2. The van der Waals surface area contributed by atoms with Crippen LogP contribution in [0, 0.1) is 13.8 Å². The molecule has 184 valence electrons. The van der Waals surface area contributed by atoms with E-state index in [0.717, 1.165) is 21.0 Å². The highest BCUT2D eigenvalue weighted by molar-refractivity contribution is 7.89. The summed E-state index contributed by atoms with van der Waals surface area (Å²) in [6.45, 7) is 3.45. The summed E-state index contributed by atoms with van der Waals surface area (Å²) in [6.07, 6.45) is 1.43. The SMILES string of the molecule is COc1ccc(/C=N\NC(=O)CN(Cc2cccc(C)c2)S(=O)(=O)c2ccc(C)cc2)c(OC)c1. The zero-order valence-corrected chi connectivity index (χ0v) is 21.0. The van der Waals surface area contributed by atoms with Crippen molar-refractivity contribution in [3.8, 4) is 11.5 Å². The molecular weight excluding hydrogens is 466 g/mol. The molecule has 0 aliphatic carbocycles. The molecule has 0 saturated heterocycles. The molecule has 3 aromatic rings. The lowest BCUT2D eigenvalue weighted by Crippen LogP contribution is -2.39. The molecule has 0 fully saturated rings. The number of carbonyl (C=O) groups excluding carboxylic acids is 1. The van der Waals surface area contributed by atoms with Crippen LogP contribution in [0.2, 0.25) is 0 Å². The molecule has 0 heterocycles. The fourth-order valence-electron chi connectivity index (χ4n) is 3.39. The van der Waals surface area contributed by atoms with Gasteiger partial charge in [0.05, 0.1) is 31.9 Å². The minimum absolute atomic E-state index is 0.0430. The Morgan fingerprint density at radius 1 is 0.971 bits per heavy atom. The van der Waals surface area contributed by atoms with Crippen LogP contribution in [0.4, 0.5) is 0 Å². The predicted octanol–water partition coefficient (Wildman–Crippen LogP) is 3.66. The zero-order chi connectivity index (χ0) is 25.4. The average Bonchev–Trinajstić information content (AvgIpc) is 2.84. The van der Waals surface area contributed by atoms with Crippen molar-refractivity contribution in [3.63, 3.8) is 0 Å². The molecule has 3 rings (SSSR count). The van der Waals surface area contributed by atoms with E-state index in [4.69, 9.17) is 9.47 Å². The molecule has 0 spiro atoms. The Morgan fingerprint density at radius 2 is 1.71 bits per heavy atom. The van der Waals surface area contributed by atoms with Crippen LogP contribution < -0.4 is 14.9 Å². The Labute approximate surface area is 206 Å².